The van der Waals surface area contributed by atoms with Crippen molar-refractivity contribution in [3.8, 4) is 11.5 Å². The smallest absolute Gasteiger partial charge is 0.287 e. The molecule has 0 spiro atoms. The normalized spacial score (nSPS) is 17.6. The average Bonchev–Trinajstić information content (AvgIpc) is 2.91. The first-order valence-corrected chi connectivity index (χ1v) is 13.6. The minimum Gasteiger partial charge on any atom is -0.493 e. The molecular weight excluding hydrogens is 538 g/mol. The third kappa shape index (κ3) is 6.17. The Morgan fingerprint density at radius 2 is 1.89 bits per heavy atom. The summed E-state index contributed by atoms with van der Waals surface area (Å²) in [6.45, 7) is 4.58. The van der Waals surface area contributed by atoms with Crippen LogP contribution in [-0.4, -0.2) is 56.2 Å². The fourth-order valence-corrected chi connectivity index (χ4v) is 5.52. The Kier molecular flexibility index (Phi) is 8.12. The highest BCUT2D eigenvalue weighted by molar-refractivity contribution is 9.10. The Hall–Kier alpha value is -2.88. The van der Waals surface area contributed by atoms with Crippen molar-refractivity contribution in [1.82, 2.24) is 15.5 Å². The number of piperidine rings is 2. The molecule has 2 saturated heterocycles. The molecule has 0 aliphatic carbocycles. The molecule has 0 unspecified atom stereocenters. The summed E-state index contributed by atoms with van der Waals surface area (Å²) >= 11 is 3.68. The number of amides is 1. The molecule has 2 aliphatic rings. The second kappa shape index (κ2) is 11.7. The Morgan fingerprint density at radius 1 is 1.11 bits per heavy atom. The van der Waals surface area contributed by atoms with Crippen molar-refractivity contribution in [2.24, 2.45) is 0 Å². The number of carbonyl (C=O) groups excluding carboxylic acids is 1. The third-order valence-electron chi connectivity index (χ3n) is 7.07. The number of likely N-dealkylation sites (tertiary alicyclic amines) is 1. The monoisotopic (exact) mass is 569 g/mol. The number of hydrogen-bond acceptors (Lipinski definition) is 7. The molecule has 8 nitrogen and oxygen atoms in total. The van der Waals surface area contributed by atoms with Gasteiger partial charge in [0.05, 0.1) is 17.0 Å². The lowest BCUT2D eigenvalue weighted by Gasteiger charge is -2.32. The number of nitrogens with one attached hydrogen (secondary N) is 2. The fourth-order valence-electron chi connectivity index (χ4n) is 5.01. The van der Waals surface area contributed by atoms with Crippen LogP contribution in [0.4, 0.5) is 0 Å². The van der Waals surface area contributed by atoms with Crippen molar-refractivity contribution < 1.29 is 18.7 Å². The highest BCUT2D eigenvalue weighted by atomic mass is 79.9. The summed E-state index contributed by atoms with van der Waals surface area (Å²) < 4.78 is 18.2. The van der Waals surface area contributed by atoms with Gasteiger partial charge in [-0.05, 0) is 84.5 Å². The Morgan fingerprint density at radius 3 is 2.62 bits per heavy atom. The molecule has 1 aromatic heterocycles. The van der Waals surface area contributed by atoms with Crippen LogP contribution in [0.5, 0.6) is 11.5 Å². The van der Waals surface area contributed by atoms with E-state index in [9.17, 15) is 9.59 Å². The lowest BCUT2D eigenvalue weighted by molar-refractivity contribution is 0.0881. The molecule has 2 fully saturated rings. The second-order valence-electron chi connectivity index (χ2n) is 9.67. The topological polar surface area (TPSA) is 93.0 Å². The number of halogens is 1. The van der Waals surface area contributed by atoms with E-state index in [4.69, 9.17) is 13.9 Å². The van der Waals surface area contributed by atoms with E-state index in [2.05, 4.69) is 49.7 Å². The number of methoxy groups -OCH3 is 1. The predicted molar refractivity (Wildman–Crippen MR) is 145 cm³/mol. The fraction of sp³-hybridized carbons (Fsp3) is 0.429. The standard InChI is InChI=1S/C28H32BrN3O5/c1-35-25-4-2-3-21-23(33)16-26(37-27(21)25)28(34)31-19-9-13-32(14-10-19)17-18-5-6-24(22(29)15-18)36-20-7-11-30-12-8-20/h2-6,15-16,19-20,30H,7-14,17H2,1H3,(H,31,34). The van der Waals surface area contributed by atoms with Gasteiger partial charge in [0.1, 0.15) is 11.9 Å². The summed E-state index contributed by atoms with van der Waals surface area (Å²) in [6, 6.07) is 12.7. The molecule has 37 heavy (non-hydrogen) atoms. The molecular formula is C28H32BrN3O5. The van der Waals surface area contributed by atoms with Crippen molar-refractivity contribution in [1.29, 1.82) is 0 Å². The number of para-hydroxylation sites is 1. The largest absolute Gasteiger partial charge is 0.493 e. The van der Waals surface area contributed by atoms with E-state index in [0.29, 0.717) is 11.1 Å². The molecule has 2 N–H and O–H groups in total. The summed E-state index contributed by atoms with van der Waals surface area (Å²) in [5.41, 5.74) is 1.24. The van der Waals surface area contributed by atoms with Gasteiger partial charge in [0.2, 0.25) is 0 Å². The SMILES string of the molecule is COc1cccc2c(=O)cc(C(=O)NC3CCN(Cc4ccc(OC5CCNCC5)c(Br)c4)CC3)oc12. The molecule has 0 saturated carbocycles. The highest BCUT2D eigenvalue weighted by Crippen LogP contribution is 2.29. The number of nitrogens with zero attached hydrogens (tertiary/aromatic N) is 1. The van der Waals surface area contributed by atoms with E-state index in [-0.39, 0.29) is 34.8 Å². The Labute approximate surface area is 224 Å². The number of hydrogen-bond donors (Lipinski definition) is 2. The van der Waals surface area contributed by atoms with E-state index >= 15 is 0 Å². The quantitative estimate of drug-likeness (QED) is 0.442. The summed E-state index contributed by atoms with van der Waals surface area (Å²) in [5.74, 6) is 0.947. The van der Waals surface area contributed by atoms with Gasteiger partial charge in [0.25, 0.3) is 5.91 Å². The maximum atomic E-state index is 12.9. The van der Waals surface area contributed by atoms with Gasteiger partial charge in [-0.3, -0.25) is 14.5 Å². The van der Waals surface area contributed by atoms with Gasteiger partial charge in [-0.2, -0.15) is 0 Å². The molecule has 9 heteroatoms. The number of ether oxygens (including phenoxy) is 2. The highest BCUT2D eigenvalue weighted by Gasteiger charge is 2.23. The molecule has 0 bridgehead atoms. The first kappa shape index (κ1) is 25.8. The van der Waals surface area contributed by atoms with Crippen LogP contribution in [0.15, 0.2) is 56.1 Å². The lowest BCUT2D eigenvalue weighted by atomic mass is 10.0. The van der Waals surface area contributed by atoms with Gasteiger partial charge in [-0.25, -0.2) is 0 Å². The lowest BCUT2D eigenvalue weighted by Crippen LogP contribution is -2.44. The Bertz CT molecular complexity index is 1310. The van der Waals surface area contributed by atoms with Gasteiger partial charge in [-0.1, -0.05) is 12.1 Å². The Balaban J connectivity index is 1.15. The molecule has 2 aromatic carbocycles. The summed E-state index contributed by atoms with van der Waals surface area (Å²) in [6.07, 6.45) is 3.97. The summed E-state index contributed by atoms with van der Waals surface area (Å²) in [4.78, 5) is 27.8. The van der Waals surface area contributed by atoms with E-state index in [0.717, 1.165) is 68.6 Å². The molecule has 0 atom stereocenters. The van der Waals surface area contributed by atoms with Crippen LogP contribution in [0.2, 0.25) is 0 Å². The van der Waals surface area contributed by atoms with Crippen LogP contribution in [0.3, 0.4) is 0 Å². The second-order valence-corrected chi connectivity index (χ2v) is 10.5. The van der Waals surface area contributed by atoms with Crippen LogP contribution in [0, 0.1) is 0 Å². The molecule has 0 radical (unpaired) electrons. The van der Waals surface area contributed by atoms with Crippen molar-refractivity contribution in [3.05, 3.63) is 68.5 Å². The summed E-state index contributed by atoms with van der Waals surface area (Å²) in [7, 11) is 1.51. The third-order valence-corrected chi connectivity index (χ3v) is 7.69. The minimum atomic E-state index is -0.378. The van der Waals surface area contributed by atoms with E-state index in [1.54, 1.807) is 18.2 Å². The number of fused-ring (bicyclic) bond motifs is 1. The van der Waals surface area contributed by atoms with Crippen LogP contribution in [0.25, 0.3) is 11.0 Å². The average molecular weight is 570 g/mol. The number of rotatable bonds is 7. The summed E-state index contributed by atoms with van der Waals surface area (Å²) in [5, 5.41) is 6.79. The first-order chi connectivity index (χ1) is 18.0. The van der Waals surface area contributed by atoms with Crippen LogP contribution >= 0.6 is 15.9 Å². The van der Waals surface area contributed by atoms with Gasteiger partial charge < -0.3 is 24.5 Å². The van der Waals surface area contributed by atoms with E-state index < -0.39 is 0 Å². The van der Waals surface area contributed by atoms with Crippen LogP contribution < -0.4 is 25.5 Å². The number of benzene rings is 2. The van der Waals surface area contributed by atoms with Crippen molar-refractivity contribution >= 4 is 32.8 Å². The van der Waals surface area contributed by atoms with Gasteiger partial charge in [0, 0.05) is 31.7 Å². The van der Waals surface area contributed by atoms with Gasteiger partial charge >= 0.3 is 0 Å². The molecule has 3 aromatic rings. The zero-order valence-electron chi connectivity index (χ0n) is 20.9. The van der Waals surface area contributed by atoms with E-state index in [1.807, 2.05) is 0 Å². The zero-order valence-corrected chi connectivity index (χ0v) is 22.5. The number of carbonyl (C=O) groups is 1. The van der Waals surface area contributed by atoms with Crippen LogP contribution in [-0.2, 0) is 6.54 Å². The molecule has 1 amide bonds. The molecule has 5 rings (SSSR count). The van der Waals surface area contributed by atoms with Crippen molar-refractivity contribution in [2.75, 3.05) is 33.3 Å². The zero-order chi connectivity index (χ0) is 25.8. The van der Waals surface area contributed by atoms with Crippen molar-refractivity contribution in [2.45, 2.75) is 44.4 Å². The molecule has 2 aliphatic heterocycles. The molecule has 196 valence electrons. The van der Waals surface area contributed by atoms with E-state index in [1.165, 1.54) is 18.7 Å². The van der Waals surface area contributed by atoms with Crippen LogP contribution in [0.1, 0.15) is 41.8 Å². The maximum absolute atomic E-state index is 12.9. The van der Waals surface area contributed by atoms with Gasteiger partial charge in [-0.15, -0.1) is 0 Å². The first-order valence-electron chi connectivity index (χ1n) is 12.8. The maximum Gasteiger partial charge on any atom is 0.287 e. The minimum absolute atomic E-state index is 0.000998. The molecule has 3 heterocycles. The predicted octanol–water partition coefficient (Wildman–Crippen LogP) is 4.09. The van der Waals surface area contributed by atoms with Crippen molar-refractivity contribution in [3.63, 3.8) is 0 Å². The van der Waals surface area contributed by atoms with Gasteiger partial charge in [0.15, 0.2) is 22.5 Å².